The van der Waals surface area contributed by atoms with E-state index in [4.69, 9.17) is 5.73 Å². The molecule has 2 rings (SSSR count). The van der Waals surface area contributed by atoms with E-state index in [1.807, 2.05) is 10.9 Å². The number of aromatic nitrogens is 2. The molecule has 1 aromatic carbocycles. The maximum Gasteiger partial charge on any atom is 0.135 e. The molecule has 2 N–H and O–H groups in total. The third-order valence-corrected chi connectivity index (χ3v) is 3.51. The van der Waals surface area contributed by atoms with Crippen LogP contribution < -0.4 is 5.73 Å². The van der Waals surface area contributed by atoms with Crippen molar-refractivity contribution in [3.8, 4) is 0 Å². The summed E-state index contributed by atoms with van der Waals surface area (Å²) in [5.41, 5.74) is 8.54. The van der Waals surface area contributed by atoms with Gasteiger partial charge in [-0.15, -0.1) is 11.8 Å². The Morgan fingerprint density at radius 3 is 2.65 bits per heavy atom. The van der Waals surface area contributed by atoms with Crippen molar-refractivity contribution in [3.05, 3.63) is 41.6 Å². The summed E-state index contributed by atoms with van der Waals surface area (Å²) >= 11 is 1.73. The molecule has 0 saturated heterocycles. The molecule has 0 aliphatic carbocycles. The van der Waals surface area contributed by atoms with Gasteiger partial charge in [0.15, 0.2) is 0 Å². The van der Waals surface area contributed by atoms with Crippen molar-refractivity contribution in [2.45, 2.75) is 25.3 Å². The quantitative estimate of drug-likeness (QED) is 0.845. The Kier molecular flexibility index (Phi) is 3.74. The van der Waals surface area contributed by atoms with Gasteiger partial charge in [0, 0.05) is 0 Å². The summed E-state index contributed by atoms with van der Waals surface area (Å²) in [7, 11) is 0. The molecule has 0 amide bonds. The Labute approximate surface area is 106 Å². The summed E-state index contributed by atoms with van der Waals surface area (Å²) in [5.74, 6) is 1.78. The lowest BCUT2D eigenvalue weighted by molar-refractivity contribution is 0.696. The van der Waals surface area contributed by atoms with Gasteiger partial charge in [-0.25, -0.2) is 4.68 Å². The van der Waals surface area contributed by atoms with E-state index in [0.717, 1.165) is 23.0 Å². The first-order chi connectivity index (χ1) is 8.20. The van der Waals surface area contributed by atoms with Crippen molar-refractivity contribution < 1.29 is 0 Å². The molecule has 1 aromatic heterocycles. The van der Waals surface area contributed by atoms with Crippen LogP contribution in [0, 0.1) is 6.92 Å². The van der Waals surface area contributed by atoms with E-state index in [-0.39, 0.29) is 0 Å². The van der Waals surface area contributed by atoms with Crippen molar-refractivity contribution in [1.29, 1.82) is 0 Å². The van der Waals surface area contributed by atoms with E-state index < -0.39 is 0 Å². The van der Waals surface area contributed by atoms with Gasteiger partial charge in [0.1, 0.15) is 5.82 Å². The number of benzene rings is 1. The molecule has 0 saturated carbocycles. The summed E-state index contributed by atoms with van der Waals surface area (Å²) < 4.78 is 1.85. The van der Waals surface area contributed by atoms with Gasteiger partial charge in [-0.2, -0.15) is 5.10 Å². The first kappa shape index (κ1) is 12.0. The average molecular weight is 247 g/mol. The van der Waals surface area contributed by atoms with Gasteiger partial charge in [0.25, 0.3) is 0 Å². The summed E-state index contributed by atoms with van der Waals surface area (Å²) in [6, 6.07) is 8.44. The molecule has 0 aliphatic heterocycles. The highest BCUT2D eigenvalue weighted by Crippen LogP contribution is 2.24. The first-order valence-corrected chi connectivity index (χ1v) is 6.69. The molecule has 90 valence electrons. The highest BCUT2D eigenvalue weighted by molar-refractivity contribution is 7.99. The lowest BCUT2D eigenvalue weighted by Gasteiger charge is -2.05. The second kappa shape index (κ2) is 5.27. The Bertz CT molecular complexity index is 488. The first-order valence-electron chi connectivity index (χ1n) is 5.70. The summed E-state index contributed by atoms with van der Waals surface area (Å²) in [6.45, 7) is 4.93. The fourth-order valence-corrected chi connectivity index (χ4v) is 2.32. The number of thioether (sulfide) groups is 1. The molecule has 0 spiro atoms. The van der Waals surface area contributed by atoms with Crippen molar-refractivity contribution in [2.24, 2.45) is 0 Å². The van der Waals surface area contributed by atoms with Crippen molar-refractivity contribution in [2.75, 3.05) is 11.5 Å². The smallest absolute Gasteiger partial charge is 0.135 e. The van der Waals surface area contributed by atoms with Crippen molar-refractivity contribution in [1.82, 2.24) is 9.78 Å². The molecular formula is C13H17N3S. The zero-order valence-electron chi connectivity index (χ0n) is 10.2. The highest BCUT2D eigenvalue weighted by Gasteiger charge is 2.07. The molecule has 4 heteroatoms. The van der Waals surface area contributed by atoms with E-state index in [0.29, 0.717) is 0 Å². The number of rotatable bonds is 4. The molecule has 0 aliphatic rings. The SMILES string of the molecule is CCSc1cnn(Cc2ccc(C)cc2)c1N. The van der Waals surface area contributed by atoms with Gasteiger partial charge >= 0.3 is 0 Å². The van der Waals surface area contributed by atoms with Crippen LogP contribution in [0.15, 0.2) is 35.4 Å². The zero-order chi connectivity index (χ0) is 12.3. The summed E-state index contributed by atoms with van der Waals surface area (Å²) in [6.07, 6.45) is 1.84. The third-order valence-electron chi connectivity index (χ3n) is 2.60. The topological polar surface area (TPSA) is 43.8 Å². The molecule has 3 nitrogen and oxygen atoms in total. The van der Waals surface area contributed by atoms with Gasteiger partial charge in [0.2, 0.25) is 0 Å². The van der Waals surface area contributed by atoms with Crippen LogP contribution in [-0.4, -0.2) is 15.5 Å². The highest BCUT2D eigenvalue weighted by atomic mass is 32.2. The number of anilines is 1. The van der Waals surface area contributed by atoms with Crippen LogP contribution in [0.2, 0.25) is 0 Å². The van der Waals surface area contributed by atoms with Crippen LogP contribution in [0.4, 0.5) is 5.82 Å². The molecule has 0 bridgehead atoms. The second-order valence-corrected chi connectivity index (χ2v) is 5.28. The summed E-state index contributed by atoms with van der Waals surface area (Å²) in [5, 5.41) is 4.32. The van der Waals surface area contributed by atoms with Crippen LogP contribution in [0.5, 0.6) is 0 Å². The monoisotopic (exact) mass is 247 g/mol. The van der Waals surface area contributed by atoms with Crippen molar-refractivity contribution >= 4 is 17.6 Å². The molecule has 0 unspecified atom stereocenters. The number of hydrogen-bond acceptors (Lipinski definition) is 3. The van der Waals surface area contributed by atoms with Gasteiger partial charge < -0.3 is 5.73 Å². The van der Waals surface area contributed by atoms with E-state index in [9.17, 15) is 0 Å². The Balaban J connectivity index is 2.16. The lowest BCUT2D eigenvalue weighted by Crippen LogP contribution is -2.06. The Morgan fingerprint density at radius 1 is 1.29 bits per heavy atom. The maximum absolute atomic E-state index is 6.05. The molecule has 0 atom stereocenters. The number of aryl methyl sites for hydroxylation is 1. The minimum Gasteiger partial charge on any atom is -0.383 e. The third kappa shape index (κ3) is 2.82. The van der Waals surface area contributed by atoms with Crippen LogP contribution in [0.25, 0.3) is 0 Å². The summed E-state index contributed by atoms with van der Waals surface area (Å²) in [4.78, 5) is 1.07. The van der Waals surface area contributed by atoms with Gasteiger partial charge in [0.05, 0.1) is 17.6 Å². The Morgan fingerprint density at radius 2 is 2.00 bits per heavy atom. The predicted molar refractivity (Wildman–Crippen MR) is 73.3 cm³/mol. The van der Waals surface area contributed by atoms with E-state index in [2.05, 4.69) is 43.2 Å². The second-order valence-electron chi connectivity index (χ2n) is 3.97. The van der Waals surface area contributed by atoms with E-state index >= 15 is 0 Å². The van der Waals surface area contributed by atoms with Gasteiger partial charge in [-0.05, 0) is 18.2 Å². The molecular weight excluding hydrogens is 230 g/mol. The molecule has 17 heavy (non-hydrogen) atoms. The van der Waals surface area contributed by atoms with E-state index in [1.165, 1.54) is 11.1 Å². The average Bonchev–Trinajstić information content (AvgIpc) is 2.65. The van der Waals surface area contributed by atoms with Crippen LogP contribution in [0.3, 0.4) is 0 Å². The number of hydrogen-bond donors (Lipinski definition) is 1. The largest absolute Gasteiger partial charge is 0.383 e. The number of nitrogens with two attached hydrogens (primary N) is 1. The molecule has 2 aromatic rings. The molecule has 0 fully saturated rings. The van der Waals surface area contributed by atoms with Crippen LogP contribution in [-0.2, 0) is 6.54 Å². The van der Waals surface area contributed by atoms with Gasteiger partial charge in [-0.1, -0.05) is 36.8 Å². The van der Waals surface area contributed by atoms with Crippen LogP contribution >= 0.6 is 11.8 Å². The molecule has 0 radical (unpaired) electrons. The lowest BCUT2D eigenvalue weighted by atomic mass is 10.1. The molecule has 1 heterocycles. The zero-order valence-corrected chi connectivity index (χ0v) is 11.0. The Hall–Kier alpha value is -1.42. The van der Waals surface area contributed by atoms with Crippen molar-refractivity contribution in [3.63, 3.8) is 0 Å². The minimum atomic E-state index is 0.733. The maximum atomic E-state index is 6.05. The number of nitrogens with zero attached hydrogens (tertiary/aromatic N) is 2. The minimum absolute atomic E-state index is 0.733. The van der Waals surface area contributed by atoms with Gasteiger partial charge in [-0.3, -0.25) is 0 Å². The standard InChI is InChI=1S/C13H17N3S/c1-3-17-12-8-15-16(13(12)14)9-11-6-4-10(2)5-7-11/h4-8H,3,9,14H2,1-2H3. The van der Waals surface area contributed by atoms with E-state index in [1.54, 1.807) is 11.8 Å². The number of nitrogen functional groups attached to an aromatic ring is 1. The fourth-order valence-electron chi connectivity index (χ4n) is 1.64. The fraction of sp³-hybridized carbons (Fsp3) is 0.308. The van der Waals surface area contributed by atoms with Crippen LogP contribution in [0.1, 0.15) is 18.1 Å². The predicted octanol–water partition coefficient (Wildman–Crippen LogP) is 2.93. The normalized spacial score (nSPS) is 10.7.